The molecular formula is C15H19IN4. The van der Waals surface area contributed by atoms with Crippen LogP contribution in [-0.4, -0.2) is 36.1 Å². The van der Waals surface area contributed by atoms with E-state index in [1.54, 1.807) is 6.20 Å². The standard InChI is InChI=1S/C15H19IN4/c1-20-6-4-11(5-7-20)19-15-12-8-10(16)2-3-14(12)18-9-13(15)17/h2-3,8-9,11H,4-7,17H2,1H3,(H,18,19). The average molecular weight is 382 g/mol. The van der Waals surface area contributed by atoms with Gasteiger partial charge in [-0.2, -0.15) is 0 Å². The van der Waals surface area contributed by atoms with Crippen molar-refractivity contribution in [3.05, 3.63) is 28.0 Å². The fourth-order valence-corrected chi connectivity index (χ4v) is 3.19. The molecule has 0 atom stereocenters. The van der Waals surface area contributed by atoms with Gasteiger partial charge < -0.3 is 16.0 Å². The van der Waals surface area contributed by atoms with Crippen molar-refractivity contribution < 1.29 is 0 Å². The van der Waals surface area contributed by atoms with Crippen molar-refractivity contribution in [3.8, 4) is 0 Å². The van der Waals surface area contributed by atoms with Crippen LogP contribution in [0.5, 0.6) is 0 Å². The fraction of sp³-hybridized carbons (Fsp3) is 0.400. The molecule has 1 aliphatic rings. The molecule has 3 rings (SSSR count). The van der Waals surface area contributed by atoms with Gasteiger partial charge in [-0.15, -0.1) is 0 Å². The predicted molar refractivity (Wildman–Crippen MR) is 93.0 cm³/mol. The maximum atomic E-state index is 6.14. The van der Waals surface area contributed by atoms with Gasteiger partial charge in [0.15, 0.2) is 0 Å². The van der Waals surface area contributed by atoms with Gasteiger partial charge in [0, 0.05) is 15.0 Å². The van der Waals surface area contributed by atoms with Gasteiger partial charge in [-0.1, -0.05) is 0 Å². The molecule has 0 aliphatic carbocycles. The van der Waals surface area contributed by atoms with Crippen molar-refractivity contribution >= 4 is 44.9 Å². The van der Waals surface area contributed by atoms with E-state index in [4.69, 9.17) is 5.73 Å². The summed E-state index contributed by atoms with van der Waals surface area (Å²) in [6.07, 6.45) is 4.07. The maximum absolute atomic E-state index is 6.14. The van der Waals surface area contributed by atoms with Crippen LogP contribution in [0.15, 0.2) is 24.4 Å². The molecular weight excluding hydrogens is 363 g/mol. The molecule has 1 fully saturated rings. The highest BCUT2D eigenvalue weighted by molar-refractivity contribution is 14.1. The normalized spacial score (nSPS) is 17.5. The van der Waals surface area contributed by atoms with E-state index in [2.05, 4.69) is 63.0 Å². The summed E-state index contributed by atoms with van der Waals surface area (Å²) in [6, 6.07) is 6.77. The Bertz CT molecular complexity index is 615. The summed E-state index contributed by atoms with van der Waals surface area (Å²) in [7, 11) is 2.18. The zero-order valence-corrected chi connectivity index (χ0v) is 13.7. The van der Waals surface area contributed by atoms with Crippen LogP contribution in [0.1, 0.15) is 12.8 Å². The molecule has 2 heterocycles. The minimum atomic E-state index is 0.497. The molecule has 20 heavy (non-hydrogen) atoms. The third kappa shape index (κ3) is 2.83. The summed E-state index contributed by atoms with van der Waals surface area (Å²) in [6.45, 7) is 2.27. The molecule has 0 radical (unpaired) electrons. The number of nitrogens with zero attached hydrogens (tertiary/aromatic N) is 2. The maximum Gasteiger partial charge on any atom is 0.0743 e. The lowest BCUT2D eigenvalue weighted by atomic mass is 10.0. The molecule has 0 saturated carbocycles. The minimum absolute atomic E-state index is 0.497. The highest BCUT2D eigenvalue weighted by atomic mass is 127. The third-order valence-corrected chi connectivity index (χ3v) is 4.60. The Kier molecular flexibility index (Phi) is 3.98. The summed E-state index contributed by atoms with van der Waals surface area (Å²) in [5, 5.41) is 4.77. The van der Waals surface area contributed by atoms with Gasteiger partial charge in [0.25, 0.3) is 0 Å². The van der Waals surface area contributed by atoms with Crippen molar-refractivity contribution in [1.29, 1.82) is 0 Å². The SMILES string of the molecule is CN1CCC(Nc2c(N)cnc3ccc(I)cc23)CC1. The Morgan fingerprint density at radius 3 is 2.85 bits per heavy atom. The van der Waals surface area contributed by atoms with Crippen LogP contribution in [0.3, 0.4) is 0 Å². The molecule has 1 saturated heterocycles. The quantitative estimate of drug-likeness (QED) is 0.785. The monoisotopic (exact) mass is 382 g/mol. The first kappa shape index (κ1) is 13.9. The first-order valence-corrected chi connectivity index (χ1v) is 8.00. The molecule has 1 aromatic heterocycles. The number of aromatic nitrogens is 1. The molecule has 5 heteroatoms. The second kappa shape index (κ2) is 5.73. The number of rotatable bonds is 2. The van der Waals surface area contributed by atoms with E-state index in [9.17, 15) is 0 Å². The largest absolute Gasteiger partial charge is 0.396 e. The number of benzene rings is 1. The van der Waals surface area contributed by atoms with Crippen LogP contribution < -0.4 is 11.1 Å². The first-order chi connectivity index (χ1) is 9.63. The van der Waals surface area contributed by atoms with Crippen LogP contribution in [0.25, 0.3) is 10.9 Å². The highest BCUT2D eigenvalue weighted by Gasteiger charge is 2.18. The number of hydrogen-bond donors (Lipinski definition) is 2. The zero-order valence-electron chi connectivity index (χ0n) is 11.6. The van der Waals surface area contributed by atoms with E-state index >= 15 is 0 Å². The topological polar surface area (TPSA) is 54.2 Å². The van der Waals surface area contributed by atoms with E-state index in [-0.39, 0.29) is 0 Å². The number of hydrogen-bond acceptors (Lipinski definition) is 4. The van der Waals surface area contributed by atoms with Gasteiger partial charge in [0.1, 0.15) is 0 Å². The lowest BCUT2D eigenvalue weighted by Gasteiger charge is -2.30. The van der Waals surface area contributed by atoms with E-state index in [1.165, 1.54) is 3.57 Å². The van der Waals surface area contributed by atoms with Gasteiger partial charge in [0.2, 0.25) is 0 Å². The van der Waals surface area contributed by atoms with Crippen LogP contribution in [0.4, 0.5) is 11.4 Å². The predicted octanol–water partition coefficient (Wildman–Crippen LogP) is 2.93. The zero-order chi connectivity index (χ0) is 14.1. The number of anilines is 2. The number of halogens is 1. The minimum Gasteiger partial charge on any atom is -0.396 e. The van der Waals surface area contributed by atoms with Crippen molar-refractivity contribution in [2.75, 3.05) is 31.2 Å². The summed E-state index contributed by atoms with van der Waals surface area (Å²) < 4.78 is 1.20. The lowest BCUT2D eigenvalue weighted by molar-refractivity contribution is 0.264. The molecule has 3 N–H and O–H groups in total. The molecule has 0 bridgehead atoms. The number of fused-ring (bicyclic) bond motifs is 1. The summed E-state index contributed by atoms with van der Waals surface area (Å²) >= 11 is 2.33. The van der Waals surface area contributed by atoms with E-state index in [1.807, 2.05) is 0 Å². The van der Waals surface area contributed by atoms with Crippen LogP contribution >= 0.6 is 22.6 Å². The summed E-state index contributed by atoms with van der Waals surface area (Å²) in [4.78, 5) is 6.78. The highest BCUT2D eigenvalue weighted by Crippen LogP contribution is 2.30. The van der Waals surface area contributed by atoms with E-state index < -0.39 is 0 Å². The van der Waals surface area contributed by atoms with Gasteiger partial charge >= 0.3 is 0 Å². The summed E-state index contributed by atoms with van der Waals surface area (Å²) in [5.41, 5.74) is 8.92. The first-order valence-electron chi connectivity index (χ1n) is 6.92. The second-order valence-corrected chi connectivity index (χ2v) is 6.72. The molecule has 0 unspecified atom stereocenters. The number of nitrogens with one attached hydrogen (secondary N) is 1. The Hall–Kier alpha value is -1.08. The molecule has 0 amide bonds. The molecule has 1 aliphatic heterocycles. The lowest BCUT2D eigenvalue weighted by Crippen LogP contribution is -2.36. The third-order valence-electron chi connectivity index (χ3n) is 3.93. The Balaban J connectivity index is 1.93. The number of pyridine rings is 1. The molecule has 1 aromatic carbocycles. The average Bonchev–Trinajstić information content (AvgIpc) is 2.44. The van der Waals surface area contributed by atoms with E-state index in [0.29, 0.717) is 6.04 Å². The number of nitrogen functional groups attached to an aromatic ring is 1. The molecule has 0 spiro atoms. The Morgan fingerprint density at radius 1 is 1.35 bits per heavy atom. The smallest absolute Gasteiger partial charge is 0.0743 e. The molecule has 4 nitrogen and oxygen atoms in total. The van der Waals surface area contributed by atoms with Crippen LogP contribution in [0, 0.1) is 3.57 Å². The molecule has 2 aromatic rings. The molecule has 106 valence electrons. The van der Waals surface area contributed by atoms with Crippen LogP contribution in [0.2, 0.25) is 0 Å². The van der Waals surface area contributed by atoms with Crippen molar-refractivity contribution in [2.45, 2.75) is 18.9 Å². The van der Waals surface area contributed by atoms with Crippen molar-refractivity contribution in [3.63, 3.8) is 0 Å². The summed E-state index contributed by atoms with van der Waals surface area (Å²) in [5.74, 6) is 0. The fourth-order valence-electron chi connectivity index (χ4n) is 2.70. The van der Waals surface area contributed by atoms with E-state index in [0.717, 1.165) is 48.2 Å². The Labute approximate surface area is 132 Å². The van der Waals surface area contributed by atoms with Crippen LogP contribution in [-0.2, 0) is 0 Å². The number of nitrogens with two attached hydrogens (primary N) is 1. The number of likely N-dealkylation sites (tertiary alicyclic amines) is 1. The second-order valence-electron chi connectivity index (χ2n) is 5.47. The van der Waals surface area contributed by atoms with Crippen molar-refractivity contribution in [2.24, 2.45) is 0 Å². The number of piperidine rings is 1. The van der Waals surface area contributed by atoms with Gasteiger partial charge in [-0.05, 0) is 73.8 Å². The van der Waals surface area contributed by atoms with Gasteiger partial charge in [-0.25, -0.2) is 0 Å². The Morgan fingerprint density at radius 2 is 2.10 bits per heavy atom. The van der Waals surface area contributed by atoms with Crippen molar-refractivity contribution in [1.82, 2.24) is 9.88 Å². The van der Waals surface area contributed by atoms with Gasteiger partial charge in [-0.3, -0.25) is 4.98 Å². The van der Waals surface area contributed by atoms with Gasteiger partial charge in [0.05, 0.1) is 23.1 Å².